The van der Waals surface area contributed by atoms with E-state index < -0.39 is 11.4 Å². The van der Waals surface area contributed by atoms with Crippen molar-refractivity contribution in [3.63, 3.8) is 0 Å². The fourth-order valence-electron chi connectivity index (χ4n) is 4.13. The van der Waals surface area contributed by atoms with Gasteiger partial charge in [0.05, 0.1) is 18.1 Å². The van der Waals surface area contributed by atoms with Gasteiger partial charge < -0.3 is 14.8 Å². The van der Waals surface area contributed by atoms with Crippen LogP contribution in [0.3, 0.4) is 0 Å². The maximum Gasteiger partial charge on any atom is 0.341 e. The fourth-order valence-corrected chi connectivity index (χ4v) is 4.13. The Morgan fingerprint density at radius 2 is 1.74 bits per heavy atom. The van der Waals surface area contributed by atoms with Crippen molar-refractivity contribution >= 4 is 17.6 Å². The van der Waals surface area contributed by atoms with E-state index in [0.717, 1.165) is 37.7 Å². The summed E-state index contributed by atoms with van der Waals surface area (Å²) in [6.07, 6.45) is 4.48. The summed E-state index contributed by atoms with van der Waals surface area (Å²) in [6.45, 7) is 8.06. The Labute approximate surface area is 185 Å². The second kappa shape index (κ2) is 9.99. The molecular formula is C26H33NO4. The number of carbonyl (C=O) groups is 2. The minimum atomic E-state index is -0.538. The number of hydrogen-bond acceptors (Lipinski definition) is 4. The van der Waals surface area contributed by atoms with Gasteiger partial charge in [-0.3, -0.25) is 4.79 Å². The molecule has 1 unspecified atom stereocenters. The minimum Gasteiger partial charge on any atom is -0.490 e. The Balaban J connectivity index is 1.89. The van der Waals surface area contributed by atoms with Crippen LogP contribution in [0, 0.1) is 6.92 Å². The lowest BCUT2D eigenvalue weighted by atomic mass is 9.77. The molecule has 31 heavy (non-hydrogen) atoms. The number of anilines is 1. The molecule has 1 aliphatic rings. The molecule has 1 N–H and O–H groups in total. The van der Waals surface area contributed by atoms with Crippen LogP contribution in [0.15, 0.2) is 42.5 Å². The van der Waals surface area contributed by atoms with Crippen LogP contribution in [0.2, 0.25) is 0 Å². The Hall–Kier alpha value is -2.82. The third-order valence-corrected chi connectivity index (χ3v) is 6.13. The van der Waals surface area contributed by atoms with Gasteiger partial charge in [0.15, 0.2) is 0 Å². The smallest absolute Gasteiger partial charge is 0.341 e. The van der Waals surface area contributed by atoms with Gasteiger partial charge in [0.2, 0.25) is 5.91 Å². The zero-order valence-electron chi connectivity index (χ0n) is 19.0. The molecule has 1 aliphatic carbocycles. The monoisotopic (exact) mass is 423 g/mol. The predicted molar refractivity (Wildman–Crippen MR) is 123 cm³/mol. The number of nitrogens with one attached hydrogen (secondary N) is 1. The molecule has 1 fully saturated rings. The van der Waals surface area contributed by atoms with Crippen LogP contribution in [0.5, 0.6) is 5.75 Å². The lowest BCUT2D eigenvalue weighted by Crippen LogP contribution is -2.38. The summed E-state index contributed by atoms with van der Waals surface area (Å²) in [5.74, 6) is -0.00909. The first-order valence-corrected chi connectivity index (χ1v) is 11.3. The Kier molecular flexibility index (Phi) is 7.37. The standard InChI is InChI=1S/C26H33NO4/c1-5-19(4)31-23-14-13-21(17-22(23)24(28)30-6-2)27-25(29)26(15-7-8-16-26)20-11-9-18(3)10-12-20/h9-14,17,19H,5-8,15-16H2,1-4H3,(H,27,29). The van der Waals surface area contributed by atoms with Gasteiger partial charge in [0, 0.05) is 5.69 Å². The molecule has 0 radical (unpaired) electrons. The highest BCUT2D eigenvalue weighted by Gasteiger charge is 2.42. The van der Waals surface area contributed by atoms with Crippen molar-refractivity contribution in [2.75, 3.05) is 11.9 Å². The summed E-state index contributed by atoms with van der Waals surface area (Å²) in [5, 5.41) is 3.07. The zero-order valence-corrected chi connectivity index (χ0v) is 19.0. The third-order valence-electron chi connectivity index (χ3n) is 6.13. The fraction of sp³-hybridized carbons (Fsp3) is 0.462. The van der Waals surface area contributed by atoms with E-state index in [0.29, 0.717) is 17.0 Å². The first-order chi connectivity index (χ1) is 14.9. The quantitative estimate of drug-likeness (QED) is 0.545. The summed E-state index contributed by atoms with van der Waals surface area (Å²) >= 11 is 0. The molecule has 0 saturated heterocycles. The van der Waals surface area contributed by atoms with Crippen LogP contribution in [-0.2, 0) is 14.9 Å². The molecule has 166 valence electrons. The van der Waals surface area contributed by atoms with Gasteiger partial charge in [-0.15, -0.1) is 0 Å². The van der Waals surface area contributed by atoms with Gasteiger partial charge in [0.25, 0.3) is 0 Å². The second-order valence-electron chi connectivity index (χ2n) is 8.38. The van der Waals surface area contributed by atoms with Crippen LogP contribution < -0.4 is 10.1 Å². The molecular weight excluding hydrogens is 390 g/mol. The van der Waals surface area contributed by atoms with Gasteiger partial charge >= 0.3 is 5.97 Å². The summed E-state index contributed by atoms with van der Waals surface area (Å²) in [4.78, 5) is 26.0. The van der Waals surface area contributed by atoms with Gasteiger partial charge in [-0.1, -0.05) is 49.6 Å². The second-order valence-corrected chi connectivity index (χ2v) is 8.38. The van der Waals surface area contributed by atoms with Crippen LogP contribution in [0.1, 0.15) is 74.4 Å². The summed E-state index contributed by atoms with van der Waals surface area (Å²) in [5.41, 5.74) is 2.59. The predicted octanol–water partition coefficient (Wildman–Crippen LogP) is 5.80. The number of carbonyl (C=O) groups excluding carboxylic acids is 2. The third kappa shape index (κ3) is 5.09. The van der Waals surface area contributed by atoms with E-state index >= 15 is 0 Å². The van der Waals surface area contributed by atoms with Crippen molar-refractivity contribution in [3.05, 3.63) is 59.2 Å². The Morgan fingerprint density at radius 3 is 2.35 bits per heavy atom. The lowest BCUT2D eigenvalue weighted by Gasteiger charge is -2.28. The van der Waals surface area contributed by atoms with Crippen molar-refractivity contribution in [1.29, 1.82) is 0 Å². The first kappa shape index (κ1) is 22.9. The van der Waals surface area contributed by atoms with Crippen LogP contribution in [-0.4, -0.2) is 24.6 Å². The van der Waals surface area contributed by atoms with Crippen molar-refractivity contribution in [1.82, 2.24) is 0 Å². The molecule has 0 bridgehead atoms. The maximum absolute atomic E-state index is 13.5. The summed E-state index contributed by atoms with van der Waals surface area (Å²) < 4.78 is 11.1. The highest BCUT2D eigenvalue weighted by Crippen LogP contribution is 2.42. The van der Waals surface area contributed by atoms with Crippen molar-refractivity contribution in [3.8, 4) is 5.75 Å². The van der Waals surface area contributed by atoms with E-state index in [2.05, 4.69) is 29.6 Å². The van der Waals surface area contributed by atoms with E-state index in [4.69, 9.17) is 9.47 Å². The van der Waals surface area contributed by atoms with Crippen molar-refractivity contribution < 1.29 is 19.1 Å². The molecule has 0 aliphatic heterocycles. The molecule has 0 spiro atoms. The van der Waals surface area contributed by atoms with E-state index in [1.807, 2.05) is 20.8 Å². The van der Waals surface area contributed by atoms with E-state index in [9.17, 15) is 9.59 Å². The molecule has 1 amide bonds. The van der Waals surface area contributed by atoms with Crippen molar-refractivity contribution in [2.45, 2.75) is 71.3 Å². The highest BCUT2D eigenvalue weighted by atomic mass is 16.5. The van der Waals surface area contributed by atoms with E-state index in [1.165, 1.54) is 5.56 Å². The highest BCUT2D eigenvalue weighted by molar-refractivity contribution is 6.01. The minimum absolute atomic E-state index is 0.0285. The van der Waals surface area contributed by atoms with Gasteiger partial charge in [-0.2, -0.15) is 0 Å². The largest absolute Gasteiger partial charge is 0.490 e. The molecule has 5 heteroatoms. The first-order valence-electron chi connectivity index (χ1n) is 11.3. The van der Waals surface area contributed by atoms with Gasteiger partial charge in [-0.05, 0) is 63.8 Å². The van der Waals surface area contributed by atoms with Crippen LogP contribution in [0.25, 0.3) is 0 Å². The number of benzene rings is 2. The maximum atomic E-state index is 13.5. The van der Waals surface area contributed by atoms with Gasteiger partial charge in [-0.25, -0.2) is 4.79 Å². The topological polar surface area (TPSA) is 64.6 Å². The SMILES string of the molecule is CCOC(=O)c1cc(NC(=O)C2(c3ccc(C)cc3)CCCC2)ccc1OC(C)CC. The number of ether oxygens (including phenoxy) is 2. The molecule has 2 aromatic rings. The number of aryl methyl sites for hydroxylation is 1. The number of amides is 1. The molecule has 0 heterocycles. The van der Waals surface area contributed by atoms with Crippen LogP contribution in [0.4, 0.5) is 5.69 Å². The van der Waals surface area contributed by atoms with E-state index in [-0.39, 0.29) is 18.6 Å². The normalized spacial score (nSPS) is 15.9. The van der Waals surface area contributed by atoms with Crippen molar-refractivity contribution in [2.24, 2.45) is 0 Å². The molecule has 1 atom stereocenters. The molecule has 0 aromatic heterocycles. The molecule has 1 saturated carbocycles. The average molecular weight is 424 g/mol. The summed E-state index contributed by atoms with van der Waals surface area (Å²) in [6, 6.07) is 13.4. The van der Waals surface area contributed by atoms with E-state index in [1.54, 1.807) is 25.1 Å². The Bertz CT molecular complexity index is 914. The number of esters is 1. The van der Waals surface area contributed by atoms with Gasteiger partial charge in [0.1, 0.15) is 11.3 Å². The molecule has 2 aromatic carbocycles. The Morgan fingerprint density at radius 1 is 1.06 bits per heavy atom. The lowest BCUT2D eigenvalue weighted by molar-refractivity contribution is -0.121. The zero-order chi connectivity index (χ0) is 22.4. The summed E-state index contributed by atoms with van der Waals surface area (Å²) in [7, 11) is 0. The molecule has 3 rings (SSSR count). The molecule has 5 nitrogen and oxygen atoms in total. The van der Waals surface area contributed by atoms with Crippen LogP contribution >= 0.6 is 0 Å². The average Bonchev–Trinajstić information content (AvgIpc) is 3.26. The number of rotatable bonds is 8. The number of hydrogen-bond donors (Lipinski definition) is 1.